The second-order valence-electron chi connectivity index (χ2n) is 4.11. The fraction of sp³-hybridized carbons (Fsp3) is 0.462. The lowest BCUT2D eigenvalue weighted by atomic mass is 10.2. The molecule has 1 amide bonds. The number of carbonyl (C=O) groups is 1. The lowest BCUT2D eigenvalue weighted by Crippen LogP contribution is -2.14. The minimum absolute atomic E-state index is 0.105. The molecule has 0 fully saturated rings. The molecular weight excluding hydrogens is 256 g/mol. The first-order valence-corrected chi connectivity index (χ1v) is 6.16. The summed E-state index contributed by atoms with van der Waals surface area (Å²) in [4.78, 5) is 11.3. The molecule has 0 aromatic heterocycles. The number of benzene rings is 1. The van der Waals surface area contributed by atoms with Gasteiger partial charge >= 0.3 is 6.09 Å². The van der Waals surface area contributed by atoms with Crippen LogP contribution < -0.4 is 5.32 Å². The average molecular weight is 273 g/mol. The number of nitrogens with one attached hydrogen (secondary N) is 1. The van der Waals surface area contributed by atoms with Crippen molar-refractivity contribution in [1.29, 1.82) is 0 Å². The zero-order chi connectivity index (χ0) is 14.3. The fourth-order valence-corrected chi connectivity index (χ4v) is 1.49. The van der Waals surface area contributed by atoms with Gasteiger partial charge in [0, 0.05) is 12.1 Å². The summed E-state index contributed by atoms with van der Waals surface area (Å²) in [5.74, 6) is -3.35. The lowest BCUT2D eigenvalue weighted by Gasteiger charge is -2.07. The molecule has 0 aliphatic carbocycles. The maximum Gasteiger partial charge on any atom is 0.411 e. The third-order valence-corrected chi connectivity index (χ3v) is 2.49. The summed E-state index contributed by atoms with van der Waals surface area (Å²) in [5.41, 5.74) is -0.105. The van der Waals surface area contributed by atoms with Crippen LogP contribution in [0.4, 0.5) is 19.3 Å². The Morgan fingerprint density at radius 3 is 2.47 bits per heavy atom. The SMILES string of the molecule is CCCCCCOC(=O)Nc1cc(F)c(O)c(F)c1. The standard InChI is InChI=1S/C13H17F2NO3/c1-2-3-4-5-6-19-13(18)16-9-7-10(14)12(17)11(15)8-9/h7-8,17H,2-6H2,1H3,(H,16,18). The first-order chi connectivity index (χ1) is 9.04. The van der Waals surface area contributed by atoms with Gasteiger partial charge in [0.1, 0.15) is 0 Å². The summed E-state index contributed by atoms with van der Waals surface area (Å²) < 4.78 is 30.8. The molecule has 0 saturated heterocycles. The van der Waals surface area contributed by atoms with E-state index in [9.17, 15) is 13.6 Å². The van der Waals surface area contributed by atoms with Crippen LogP contribution >= 0.6 is 0 Å². The van der Waals surface area contributed by atoms with Gasteiger partial charge in [-0.1, -0.05) is 26.2 Å². The van der Waals surface area contributed by atoms with Gasteiger partial charge in [-0.3, -0.25) is 5.32 Å². The second kappa shape index (κ2) is 7.56. The molecular formula is C13H17F2NO3. The summed E-state index contributed by atoms with van der Waals surface area (Å²) in [7, 11) is 0. The molecule has 6 heteroatoms. The average Bonchev–Trinajstić information content (AvgIpc) is 2.35. The minimum Gasteiger partial charge on any atom is -0.503 e. The Kier molecular flexibility index (Phi) is 6.05. The predicted molar refractivity (Wildman–Crippen MR) is 67.1 cm³/mol. The van der Waals surface area contributed by atoms with Crippen molar-refractivity contribution in [3.63, 3.8) is 0 Å². The van der Waals surface area contributed by atoms with Gasteiger partial charge in [-0.15, -0.1) is 0 Å². The third kappa shape index (κ3) is 5.11. The van der Waals surface area contributed by atoms with Crippen molar-refractivity contribution in [1.82, 2.24) is 0 Å². The van der Waals surface area contributed by atoms with Gasteiger partial charge in [0.25, 0.3) is 0 Å². The van der Waals surface area contributed by atoms with E-state index in [0.29, 0.717) is 0 Å². The molecule has 0 radical (unpaired) electrons. The van der Waals surface area contributed by atoms with Gasteiger partial charge < -0.3 is 9.84 Å². The van der Waals surface area contributed by atoms with E-state index in [0.717, 1.165) is 37.8 Å². The lowest BCUT2D eigenvalue weighted by molar-refractivity contribution is 0.159. The Morgan fingerprint density at radius 1 is 1.26 bits per heavy atom. The summed E-state index contributed by atoms with van der Waals surface area (Å²) in [6, 6.07) is 1.63. The van der Waals surface area contributed by atoms with Crippen LogP contribution in [0.5, 0.6) is 5.75 Å². The van der Waals surface area contributed by atoms with Crippen molar-refractivity contribution in [2.24, 2.45) is 0 Å². The number of hydrogen-bond acceptors (Lipinski definition) is 3. The molecule has 2 N–H and O–H groups in total. The molecule has 0 heterocycles. The molecule has 1 aromatic rings. The van der Waals surface area contributed by atoms with Crippen molar-refractivity contribution in [3.8, 4) is 5.75 Å². The molecule has 0 aliphatic rings. The summed E-state index contributed by atoms with van der Waals surface area (Å²) in [5, 5.41) is 11.1. The van der Waals surface area contributed by atoms with E-state index in [4.69, 9.17) is 9.84 Å². The van der Waals surface area contributed by atoms with Crippen LogP contribution in [0.3, 0.4) is 0 Å². The molecule has 0 aliphatic heterocycles. The van der Waals surface area contributed by atoms with E-state index in [-0.39, 0.29) is 12.3 Å². The fourth-order valence-electron chi connectivity index (χ4n) is 1.49. The number of ether oxygens (including phenoxy) is 1. The van der Waals surface area contributed by atoms with E-state index >= 15 is 0 Å². The highest BCUT2D eigenvalue weighted by molar-refractivity contribution is 5.84. The first-order valence-electron chi connectivity index (χ1n) is 6.16. The molecule has 1 aromatic carbocycles. The quantitative estimate of drug-likeness (QED) is 0.612. The molecule has 0 bridgehead atoms. The molecule has 19 heavy (non-hydrogen) atoms. The van der Waals surface area contributed by atoms with Crippen LogP contribution in [0.15, 0.2) is 12.1 Å². The van der Waals surface area contributed by atoms with Gasteiger partial charge in [-0.25, -0.2) is 13.6 Å². The third-order valence-electron chi connectivity index (χ3n) is 2.49. The van der Waals surface area contributed by atoms with Gasteiger partial charge in [0.15, 0.2) is 17.4 Å². The summed E-state index contributed by atoms with van der Waals surface area (Å²) >= 11 is 0. The highest BCUT2D eigenvalue weighted by Crippen LogP contribution is 2.24. The first kappa shape index (κ1) is 15.2. The second-order valence-corrected chi connectivity index (χ2v) is 4.11. The number of rotatable bonds is 6. The van der Waals surface area contributed by atoms with Gasteiger partial charge in [0.2, 0.25) is 0 Å². The predicted octanol–water partition coefficient (Wildman–Crippen LogP) is 3.80. The monoisotopic (exact) mass is 273 g/mol. The van der Waals surface area contributed by atoms with Crippen molar-refractivity contribution in [2.75, 3.05) is 11.9 Å². The molecule has 4 nitrogen and oxygen atoms in total. The molecule has 0 saturated carbocycles. The Balaban J connectivity index is 2.40. The van der Waals surface area contributed by atoms with Gasteiger partial charge in [-0.05, 0) is 6.42 Å². The van der Waals surface area contributed by atoms with Gasteiger partial charge in [-0.2, -0.15) is 0 Å². The van der Waals surface area contributed by atoms with Crippen molar-refractivity contribution in [3.05, 3.63) is 23.8 Å². The van der Waals surface area contributed by atoms with Gasteiger partial charge in [0.05, 0.1) is 12.3 Å². The van der Waals surface area contributed by atoms with Crippen molar-refractivity contribution in [2.45, 2.75) is 32.6 Å². The number of phenols is 1. The Bertz CT molecular complexity index is 415. The Hall–Kier alpha value is -1.85. The number of hydrogen-bond donors (Lipinski definition) is 2. The van der Waals surface area contributed by atoms with Crippen LogP contribution in [0.2, 0.25) is 0 Å². The number of anilines is 1. The van der Waals surface area contributed by atoms with Crippen molar-refractivity contribution >= 4 is 11.8 Å². The van der Waals surface area contributed by atoms with Crippen LogP contribution in [0.25, 0.3) is 0 Å². The van der Waals surface area contributed by atoms with Crippen LogP contribution in [-0.4, -0.2) is 17.8 Å². The molecule has 0 atom stereocenters. The van der Waals surface area contributed by atoms with Crippen LogP contribution in [0.1, 0.15) is 32.6 Å². The zero-order valence-corrected chi connectivity index (χ0v) is 10.7. The van der Waals surface area contributed by atoms with E-state index in [1.165, 1.54) is 0 Å². The van der Waals surface area contributed by atoms with Crippen LogP contribution in [-0.2, 0) is 4.74 Å². The maximum atomic E-state index is 13.0. The molecule has 0 spiro atoms. The van der Waals surface area contributed by atoms with Crippen molar-refractivity contribution < 1.29 is 23.4 Å². The minimum atomic E-state index is -1.14. The largest absolute Gasteiger partial charge is 0.503 e. The number of phenolic OH excluding ortho intramolecular Hbond substituents is 1. The van der Waals surface area contributed by atoms with Crippen LogP contribution in [0, 0.1) is 11.6 Å². The normalized spacial score (nSPS) is 10.3. The number of aromatic hydroxyl groups is 1. The maximum absolute atomic E-state index is 13.0. The summed E-state index contributed by atoms with van der Waals surface area (Å²) in [6.07, 6.45) is 3.09. The summed E-state index contributed by atoms with van der Waals surface area (Å²) in [6.45, 7) is 2.33. The zero-order valence-electron chi connectivity index (χ0n) is 10.7. The number of amides is 1. The Morgan fingerprint density at radius 2 is 1.89 bits per heavy atom. The van der Waals surface area contributed by atoms with E-state index in [2.05, 4.69) is 12.2 Å². The topological polar surface area (TPSA) is 58.6 Å². The Labute approximate surface area is 110 Å². The highest BCUT2D eigenvalue weighted by atomic mass is 19.1. The van der Waals surface area contributed by atoms with E-state index in [1.807, 2.05) is 0 Å². The van der Waals surface area contributed by atoms with E-state index in [1.54, 1.807) is 0 Å². The molecule has 1 rings (SSSR count). The highest BCUT2D eigenvalue weighted by Gasteiger charge is 2.11. The molecule has 106 valence electrons. The van der Waals surface area contributed by atoms with E-state index < -0.39 is 23.5 Å². The number of carbonyl (C=O) groups excluding carboxylic acids is 1. The molecule has 0 unspecified atom stereocenters. The smallest absolute Gasteiger partial charge is 0.411 e. The number of halogens is 2. The number of unbranched alkanes of at least 4 members (excludes halogenated alkanes) is 3.